The topological polar surface area (TPSA) is 41.1 Å². The molecule has 2 aliphatic rings. The molecule has 0 saturated carbocycles. The van der Waals surface area contributed by atoms with Crippen molar-refractivity contribution in [1.29, 1.82) is 0 Å². The molecule has 1 unspecified atom stereocenters. The highest BCUT2D eigenvalue weighted by Gasteiger charge is 2.24. The lowest BCUT2D eigenvalue weighted by Gasteiger charge is -2.33. The number of anilines is 1. The fraction of sp³-hybridized carbons (Fsp3) is 0.524. The molecule has 2 aliphatic heterocycles. The van der Waals surface area contributed by atoms with Crippen molar-refractivity contribution in [1.82, 2.24) is 15.3 Å². The Hall–Kier alpha value is -1.65. The Morgan fingerprint density at radius 1 is 1.12 bits per heavy atom. The summed E-state index contributed by atoms with van der Waals surface area (Å²) < 4.78 is 0. The van der Waals surface area contributed by atoms with E-state index in [1.807, 2.05) is 0 Å². The number of piperidine rings is 1. The first-order valence-electron chi connectivity index (χ1n) is 9.68. The molecule has 2 aromatic rings. The van der Waals surface area contributed by atoms with Gasteiger partial charge in [0, 0.05) is 38.0 Å². The van der Waals surface area contributed by atoms with Crippen LogP contribution in [0.5, 0.6) is 0 Å². The molecule has 140 valence electrons. The smallest absolute Gasteiger partial charge is 0.135 e. The summed E-state index contributed by atoms with van der Waals surface area (Å²) >= 11 is 0. The van der Waals surface area contributed by atoms with Crippen LogP contribution in [-0.2, 0) is 19.3 Å². The molecule has 4 rings (SSSR count). The van der Waals surface area contributed by atoms with Crippen LogP contribution >= 0.6 is 12.4 Å². The summed E-state index contributed by atoms with van der Waals surface area (Å²) in [6.07, 6.45) is 5.48. The monoisotopic (exact) mass is 372 g/mol. The zero-order valence-electron chi connectivity index (χ0n) is 15.6. The van der Waals surface area contributed by atoms with E-state index in [0.717, 1.165) is 57.2 Å². The van der Waals surface area contributed by atoms with Crippen LogP contribution in [0.15, 0.2) is 30.3 Å². The largest absolute Gasteiger partial charge is 0.356 e. The van der Waals surface area contributed by atoms with Crippen molar-refractivity contribution in [2.75, 3.05) is 31.1 Å². The Morgan fingerprint density at radius 2 is 1.92 bits per heavy atom. The lowest BCUT2D eigenvalue weighted by atomic mass is 9.99. The molecule has 0 bridgehead atoms. The van der Waals surface area contributed by atoms with Gasteiger partial charge in [0.25, 0.3) is 0 Å². The number of nitrogens with zero attached hydrogens (tertiary/aromatic N) is 3. The summed E-state index contributed by atoms with van der Waals surface area (Å²) in [6, 6.07) is 10.6. The van der Waals surface area contributed by atoms with Gasteiger partial charge in [0.2, 0.25) is 0 Å². The summed E-state index contributed by atoms with van der Waals surface area (Å²) in [5, 5.41) is 3.52. The van der Waals surface area contributed by atoms with E-state index in [4.69, 9.17) is 9.97 Å². The van der Waals surface area contributed by atoms with E-state index in [-0.39, 0.29) is 12.4 Å². The van der Waals surface area contributed by atoms with Crippen LogP contribution in [0.1, 0.15) is 42.4 Å². The second-order valence-electron chi connectivity index (χ2n) is 7.49. The molecule has 0 radical (unpaired) electrons. The third kappa shape index (κ3) is 4.36. The quantitative estimate of drug-likeness (QED) is 0.896. The minimum Gasteiger partial charge on any atom is -0.356 e. The minimum absolute atomic E-state index is 0. The fourth-order valence-corrected chi connectivity index (χ4v) is 4.08. The zero-order valence-corrected chi connectivity index (χ0v) is 16.4. The van der Waals surface area contributed by atoms with Gasteiger partial charge in [0.15, 0.2) is 0 Å². The number of fused-ring (bicyclic) bond motifs is 1. The predicted octanol–water partition coefficient (Wildman–Crippen LogP) is 3.41. The highest BCUT2D eigenvalue weighted by molar-refractivity contribution is 5.85. The molecule has 1 N–H and O–H groups in total. The van der Waals surface area contributed by atoms with Crippen molar-refractivity contribution in [2.24, 2.45) is 5.92 Å². The molecule has 1 aromatic heterocycles. The third-order valence-corrected chi connectivity index (χ3v) is 5.37. The van der Waals surface area contributed by atoms with Crippen molar-refractivity contribution < 1.29 is 0 Å². The lowest BCUT2D eigenvalue weighted by molar-refractivity contribution is 0.443. The number of nitrogens with one attached hydrogen (secondary N) is 1. The second-order valence-corrected chi connectivity index (χ2v) is 7.49. The Kier molecular flexibility index (Phi) is 6.49. The van der Waals surface area contributed by atoms with Crippen LogP contribution in [0, 0.1) is 5.92 Å². The van der Waals surface area contributed by atoms with Gasteiger partial charge < -0.3 is 10.2 Å². The maximum Gasteiger partial charge on any atom is 0.135 e. The van der Waals surface area contributed by atoms with Crippen molar-refractivity contribution in [2.45, 2.75) is 39.0 Å². The molecule has 0 spiro atoms. The molecule has 5 heteroatoms. The SMILES string of the molecule is CC1CCCN(c2nc(Cc3ccccc3)nc3c2CCNCC3)C1.Cl. The van der Waals surface area contributed by atoms with Gasteiger partial charge in [-0.2, -0.15) is 0 Å². The van der Waals surface area contributed by atoms with Gasteiger partial charge in [-0.3, -0.25) is 0 Å². The van der Waals surface area contributed by atoms with Gasteiger partial charge in [-0.15, -0.1) is 12.4 Å². The number of hydrogen-bond donors (Lipinski definition) is 1. The molecular formula is C21H29ClN4. The zero-order chi connectivity index (χ0) is 17.1. The average Bonchev–Trinajstić information content (AvgIpc) is 2.87. The minimum atomic E-state index is 0. The summed E-state index contributed by atoms with van der Waals surface area (Å²) in [4.78, 5) is 12.6. The molecule has 3 heterocycles. The first-order valence-corrected chi connectivity index (χ1v) is 9.68. The van der Waals surface area contributed by atoms with Gasteiger partial charge in [0.05, 0.1) is 5.69 Å². The highest BCUT2D eigenvalue weighted by Crippen LogP contribution is 2.28. The molecule has 0 aliphatic carbocycles. The fourth-order valence-electron chi connectivity index (χ4n) is 4.08. The van der Waals surface area contributed by atoms with Crippen molar-refractivity contribution in [3.63, 3.8) is 0 Å². The van der Waals surface area contributed by atoms with E-state index in [9.17, 15) is 0 Å². The van der Waals surface area contributed by atoms with Gasteiger partial charge in [-0.1, -0.05) is 37.3 Å². The summed E-state index contributed by atoms with van der Waals surface area (Å²) in [5.41, 5.74) is 3.93. The van der Waals surface area contributed by atoms with E-state index in [1.54, 1.807) is 0 Å². The lowest BCUT2D eigenvalue weighted by Crippen LogP contribution is -2.36. The molecular weight excluding hydrogens is 344 g/mol. The molecule has 1 atom stereocenters. The molecule has 26 heavy (non-hydrogen) atoms. The third-order valence-electron chi connectivity index (χ3n) is 5.37. The first kappa shape index (κ1) is 19.1. The maximum absolute atomic E-state index is 5.07. The number of benzene rings is 1. The van der Waals surface area contributed by atoms with Crippen molar-refractivity contribution >= 4 is 18.2 Å². The van der Waals surface area contributed by atoms with E-state index in [0.29, 0.717) is 0 Å². The summed E-state index contributed by atoms with van der Waals surface area (Å²) in [6.45, 7) is 6.67. The van der Waals surface area contributed by atoms with Crippen LogP contribution < -0.4 is 10.2 Å². The standard InChI is InChI=1S/C21H28N4.ClH/c1-16-6-5-13-25(15-16)21-18-9-11-22-12-10-19(18)23-20(24-21)14-17-7-3-2-4-8-17;/h2-4,7-8,16,22H,5-6,9-15H2,1H3;1H. The van der Waals surface area contributed by atoms with E-state index in [1.165, 1.54) is 35.5 Å². The molecule has 0 amide bonds. The Labute approximate surface area is 162 Å². The van der Waals surface area contributed by atoms with Crippen LogP contribution in [0.2, 0.25) is 0 Å². The summed E-state index contributed by atoms with van der Waals surface area (Å²) in [5.74, 6) is 2.94. The molecule has 1 saturated heterocycles. The van der Waals surface area contributed by atoms with Gasteiger partial charge in [0.1, 0.15) is 11.6 Å². The molecule has 4 nitrogen and oxygen atoms in total. The van der Waals surface area contributed by atoms with E-state index >= 15 is 0 Å². The number of aromatic nitrogens is 2. The van der Waals surface area contributed by atoms with Crippen molar-refractivity contribution in [3.8, 4) is 0 Å². The van der Waals surface area contributed by atoms with Crippen LogP contribution in [0.4, 0.5) is 5.82 Å². The normalized spacial score (nSPS) is 20.0. The van der Waals surface area contributed by atoms with Crippen LogP contribution in [0.3, 0.4) is 0 Å². The molecule has 1 fully saturated rings. The average molecular weight is 373 g/mol. The van der Waals surface area contributed by atoms with Gasteiger partial charge in [-0.25, -0.2) is 9.97 Å². The second kappa shape index (κ2) is 8.83. The highest BCUT2D eigenvalue weighted by atomic mass is 35.5. The number of hydrogen-bond acceptors (Lipinski definition) is 4. The number of halogens is 1. The maximum atomic E-state index is 5.07. The van der Waals surface area contributed by atoms with E-state index in [2.05, 4.69) is 47.5 Å². The van der Waals surface area contributed by atoms with Gasteiger partial charge in [-0.05, 0) is 37.3 Å². The predicted molar refractivity (Wildman–Crippen MR) is 109 cm³/mol. The van der Waals surface area contributed by atoms with E-state index < -0.39 is 0 Å². The van der Waals surface area contributed by atoms with Gasteiger partial charge >= 0.3 is 0 Å². The summed E-state index contributed by atoms with van der Waals surface area (Å²) in [7, 11) is 0. The Bertz CT molecular complexity index is 719. The molecule has 1 aromatic carbocycles. The first-order chi connectivity index (χ1) is 12.3. The Balaban J connectivity index is 0.00000196. The number of rotatable bonds is 3. The Morgan fingerprint density at radius 3 is 2.73 bits per heavy atom. The van der Waals surface area contributed by atoms with Crippen LogP contribution in [-0.4, -0.2) is 36.1 Å². The van der Waals surface area contributed by atoms with Crippen molar-refractivity contribution in [3.05, 3.63) is 53.0 Å². The van der Waals surface area contributed by atoms with Crippen LogP contribution in [0.25, 0.3) is 0 Å².